The highest BCUT2D eigenvalue weighted by molar-refractivity contribution is 5.73. The van der Waals surface area contributed by atoms with Gasteiger partial charge in [-0.25, -0.2) is 4.79 Å². The predicted molar refractivity (Wildman–Crippen MR) is 263 cm³/mol. The molecule has 442 valence electrons. The molecule has 23 heteroatoms. The van der Waals surface area contributed by atoms with E-state index in [0.29, 0.717) is 25.7 Å². The van der Waals surface area contributed by atoms with E-state index in [1.807, 2.05) is 6.92 Å². The third kappa shape index (κ3) is 9.70. The number of aliphatic hydroxyl groups excluding tert-OH is 13. The topological polar surface area (TPSA) is 374 Å². The Bertz CT molecular complexity index is 2130. The van der Waals surface area contributed by atoms with Crippen LogP contribution in [0.1, 0.15) is 113 Å². The maximum absolute atomic E-state index is 12.6. The standard InChI is InChI=1S/C54H88O23/c1-22-31(58)34(61)39(66)45(70-22)76-42-36(63)33(60)26(20-56)72-47(42)77-43-38(65)37(64)41(44(68)69)75-48(43)73-29-12-13-51(5)27(52(29,6)21-57)11-14-54(8)28(51)10-9-23-24-17-49(2,3)30(18-50(24,4)15-16-53(23,54)7)74-46-40(67)35(62)32(59)25(19-55)71-46/h9,22,24-43,45-48,55-67H,10-21H2,1-8H3,(H,68,69). The average Bonchev–Trinajstić information content (AvgIpc) is 3.57. The number of hydrogen-bond acceptors (Lipinski definition) is 22. The molecule has 23 nitrogen and oxygen atoms in total. The van der Waals surface area contributed by atoms with E-state index >= 15 is 0 Å². The lowest BCUT2D eigenvalue weighted by Crippen LogP contribution is -2.68. The molecule has 8 fully saturated rings. The number of hydrogen-bond donors (Lipinski definition) is 14. The Morgan fingerprint density at radius 3 is 1.73 bits per heavy atom. The Balaban J connectivity index is 0.959. The Morgan fingerprint density at radius 1 is 0.571 bits per heavy atom. The predicted octanol–water partition coefficient (Wildman–Crippen LogP) is -1.47. The second-order valence-corrected chi connectivity index (χ2v) is 26.4. The Hall–Kier alpha value is -1.63. The van der Waals surface area contributed by atoms with Crippen molar-refractivity contribution in [1.82, 2.24) is 0 Å². The molecule has 30 unspecified atom stereocenters. The van der Waals surface area contributed by atoms with E-state index in [9.17, 15) is 76.3 Å². The van der Waals surface area contributed by atoms with Gasteiger partial charge in [-0.1, -0.05) is 60.1 Å². The van der Waals surface area contributed by atoms with Crippen LogP contribution in [-0.2, 0) is 42.7 Å². The first kappa shape index (κ1) is 60.0. The van der Waals surface area contributed by atoms with Crippen molar-refractivity contribution in [3.05, 3.63) is 11.6 Å². The number of carbonyl (C=O) groups is 1. The lowest BCUT2D eigenvalue weighted by atomic mass is 9.33. The van der Waals surface area contributed by atoms with Gasteiger partial charge in [0.15, 0.2) is 31.3 Å². The number of aliphatic carboxylic acids is 1. The third-order valence-electron chi connectivity index (χ3n) is 21.7. The summed E-state index contributed by atoms with van der Waals surface area (Å²) in [5, 5.41) is 151. The highest BCUT2D eigenvalue weighted by Crippen LogP contribution is 2.76. The van der Waals surface area contributed by atoms with Crippen LogP contribution in [0.2, 0.25) is 0 Å². The quantitative estimate of drug-likeness (QED) is 0.0783. The monoisotopic (exact) mass is 1100 g/mol. The van der Waals surface area contributed by atoms with Gasteiger partial charge in [0.05, 0.1) is 38.1 Å². The Labute approximate surface area is 449 Å². The fourth-order valence-corrected chi connectivity index (χ4v) is 16.5. The molecule has 9 rings (SSSR count). The molecular weight excluding hydrogens is 1020 g/mol. The zero-order chi connectivity index (χ0) is 56.4. The van der Waals surface area contributed by atoms with Crippen molar-refractivity contribution < 1.29 is 114 Å². The Kier molecular flexibility index (Phi) is 16.8. The van der Waals surface area contributed by atoms with E-state index in [1.54, 1.807) is 0 Å². The number of ether oxygens (including phenoxy) is 8. The fraction of sp³-hybridized carbons (Fsp3) is 0.944. The number of aliphatic hydroxyl groups is 13. The molecular formula is C54H88O23. The van der Waals surface area contributed by atoms with E-state index in [4.69, 9.17) is 37.9 Å². The molecule has 4 saturated carbocycles. The van der Waals surface area contributed by atoms with Crippen LogP contribution in [0.5, 0.6) is 0 Å². The SMILES string of the molecule is CC1OC(OC2C(OC3C(OC4CCC5(C)C(CCC6(C)C5CC=C5C7CC(C)(C)C(OC8OC(CO)C(O)C(O)C8O)CC7(C)CCC56C)C4(C)CO)OC(C(=O)O)C(O)C3O)OC(CO)C(O)C2O)C(O)C(O)C1O. The summed E-state index contributed by atoms with van der Waals surface area (Å²) >= 11 is 0. The highest BCUT2D eigenvalue weighted by atomic mass is 16.8. The minimum atomic E-state index is -2.10. The van der Waals surface area contributed by atoms with E-state index in [2.05, 4.69) is 47.6 Å². The van der Waals surface area contributed by atoms with Gasteiger partial charge < -0.3 is 109 Å². The highest BCUT2D eigenvalue weighted by Gasteiger charge is 2.70. The maximum Gasteiger partial charge on any atom is 0.335 e. The minimum Gasteiger partial charge on any atom is -0.479 e. The Morgan fingerprint density at radius 2 is 1.12 bits per heavy atom. The van der Waals surface area contributed by atoms with Crippen molar-refractivity contribution in [1.29, 1.82) is 0 Å². The molecule has 4 heterocycles. The van der Waals surface area contributed by atoms with E-state index in [0.717, 1.165) is 32.1 Å². The molecule has 5 aliphatic carbocycles. The van der Waals surface area contributed by atoms with Gasteiger partial charge in [0, 0.05) is 5.41 Å². The number of fused-ring (bicyclic) bond motifs is 7. The summed E-state index contributed by atoms with van der Waals surface area (Å²) in [6.45, 7) is 15.4. The summed E-state index contributed by atoms with van der Waals surface area (Å²) in [6, 6.07) is 0. The summed E-state index contributed by atoms with van der Waals surface area (Å²) in [4.78, 5) is 12.6. The molecule has 0 aromatic heterocycles. The van der Waals surface area contributed by atoms with Crippen LogP contribution in [0.15, 0.2) is 11.6 Å². The zero-order valence-electron chi connectivity index (χ0n) is 45.4. The van der Waals surface area contributed by atoms with Crippen LogP contribution in [0, 0.1) is 50.2 Å². The lowest BCUT2D eigenvalue weighted by Gasteiger charge is -2.72. The van der Waals surface area contributed by atoms with Crippen molar-refractivity contribution in [2.24, 2.45) is 50.2 Å². The van der Waals surface area contributed by atoms with Crippen molar-refractivity contribution in [3.8, 4) is 0 Å². The van der Waals surface area contributed by atoms with Crippen molar-refractivity contribution in [3.63, 3.8) is 0 Å². The normalized spacial score (nSPS) is 55.7. The molecule has 9 aliphatic rings. The smallest absolute Gasteiger partial charge is 0.335 e. The number of rotatable bonds is 12. The lowest BCUT2D eigenvalue weighted by molar-refractivity contribution is -0.396. The first-order valence-electron chi connectivity index (χ1n) is 27.8. The molecule has 0 bridgehead atoms. The molecule has 14 N–H and O–H groups in total. The average molecular weight is 1110 g/mol. The van der Waals surface area contributed by atoms with Crippen LogP contribution in [-0.4, -0.2) is 232 Å². The van der Waals surface area contributed by atoms with Crippen LogP contribution >= 0.6 is 0 Å². The molecule has 0 spiro atoms. The molecule has 30 atom stereocenters. The molecule has 0 aromatic carbocycles. The molecule has 4 aliphatic heterocycles. The van der Waals surface area contributed by atoms with Crippen LogP contribution in [0.25, 0.3) is 0 Å². The van der Waals surface area contributed by atoms with Gasteiger partial charge in [-0.2, -0.15) is 0 Å². The molecule has 77 heavy (non-hydrogen) atoms. The van der Waals surface area contributed by atoms with Gasteiger partial charge in [-0.15, -0.1) is 0 Å². The largest absolute Gasteiger partial charge is 0.479 e. The van der Waals surface area contributed by atoms with Crippen LogP contribution < -0.4 is 0 Å². The second kappa shape index (κ2) is 21.5. The first-order chi connectivity index (χ1) is 36.0. The summed E-state index contributed by atoms with van der Waals surface area (Å²) in [5.74, 6) is -1.40. The van der Waals surface area contributed by atoms with Crippen molar-refractivity contribution >= 4 is 5.97 Å². The van der Waals surface area contributed by atoms with Gasteiger partial charge in [0.25, 0.3) is 0 Å². The molecule has 0 amide bonds. The number of allylic oxidation sites excluding steroid dienone is 2. The van der Waals surface area contributed by atoms with Gasteiger partial charge in [0.1, 0.15) is 85.5 Å². The van der Waals surface area contributed by atoms with Gasteiger partial charge in [-0.3, -0.25) is 0 Å². The van der Waals surface area contributed by atoms with Crippen molar-refractivity contribution in [2.45, 2.75) is 248 Å². The van der Waals surface area contributed by atoms with Gasteiger partial charge >= 0.3 is 5.97 Å². The maximum atomic E-state index is 12.6. The first-order valence-corrected chi connectivity index (χ1v) is 27.8. The van der Waals surface area contributed by atoms with E-state index in [1.165, 1.54) is 12.5 Å². The summed E-state index contributed by atoms with van der Waals surface area (Å²) in [5.41, 5.74) is -0.868. The molecule has 0 radical (unpaired) electrons. The minimum absolute atomic E-state index is 0.147. The molecule has 4 saturated heterocycles. The molecule has 0 aromatic rings. The van der Waals surface area contributed by atoms with Gasteiger partial charge in [0.2, 0.25) is 0 Å². The summed E-state index contributed by atoms with van der Waals surface area (Å²) in [6.07, 6.45) is -25.8. The van der Waals surface area contributed by atoms with E-state index in [-0.39, 0.29) is 52.1 Å². The number of carboxylic acid groups (broad SMARTS) is 1. The zero-order valence-corrected chi connectivity index (χ0v) is 45.4. The summed E-state index contributed by atoms with van der Waals surface area (Å²) < 4.78 is 48.7. The van der Waals surface area contributed by atoms with E-state index < -0.39 is 159 Å². The summed E-state index contributed by atoms with van der Waals surface area (Å²) in [7, 11) is 0. The fourth-order valence-electron chi connectivity index (χ4n) is 16.5. The van der Waals surface area contributed by atoms with Gasteiger partial charge in [-0.05, 0) is 110 Å². The number of carboxylic acids is 1. The van der Waals surface area contributed by atoms with Crippen molar-refractivity contribution in [2.75, 3.05) is 19.8 Å². The van der Waals surface area contributed by atoms with Crippen LogP contribution in [0.3, 0.4) is 0 Å². The third-order valence-corrected chi connectivity index (χ3v) is 21.7. The van der Waals surface area contributed by atoms with Crippen LogP contribution in [0.4, 0.5) is 0 Å². The second-order valence-electron chi connectivity index (χ2n) is 26.4.